The quantitative estimate of drug-likeness (QED) is 0.709. The molecule has 0 fully saturated rings. The highest BCUT2D eigenvalue weighted by molar-refractivity contribution is 5.99. The predicted octanol–water partition coefficient (Wildman–Crippen LogP) is 4.06. The molecule has 1 amide bonds. The van der Waals surface area contributed by atoms with Crippen LogP contribution in [0, 0.1) is 13.8 Å². The molecule has 0 spiro atoms. The van der Waals surface area contributed by atoms with E-state index in [0.717, 1.165) is 21.9 Å². The van der Waals surface area contributed by atoms with Gasteiger partial charge in [0.05, 0.1) is 0 Å². The molecule has 1 heterocycles. The number of hydrogen-bond acceptors (Lipinski definition) is 4. The Morgan fingerprint density at radius 2 is 1.88 bits per heavy atom. The fourth-order valence-corrected chi connectivity index (χ4v) is 2.42. The number of ether oxygens (including phenoxy) is 1. The minimum atomic E-state index is -0.465. The molecule has 6 nitrogen and oxygen atoms in total. The Bertz CT molecular complexity index is 928. The lowest BCUT2D eigenvalue weighted by molar-refractivity contribution is -0.120. The van der Waals surface area contributed by atoms with E-state index >= 15 is 0 Å². The fraction of sp³-hybridized carbons (Fsp3) is 0.167. The van der Waals surface area contributed by atoms with Crippen molar-refractivity contribution in [2.75, 3.05) is 12.3 Å². The molecule has 0 atom stereocenters. The van der Waals surface area contributed by atoms with Crippen LogP contribution in [0.3, 0.4) is 0 Å². The number of nitrogens with zero attached hydrogens (tertiary/aromatic N) is 2. The topological polar surface area (TPSA) is 92.8 Å². The maximum atomic E-state index is 11.9. The van der Waals surface area contributed by atoms with Crippen molar-refractivity contribution in [3.8, 4) is 5.75 Å². The standard InChI is InChI=1S/C18H18N4O2/c1-11-6-5-9-15(12(11)2)24-10-16(23)21-22-18-14-8-4-3-7-13(14)17(19)20-18/h3-9,20H,10,19H2,1-2H3. The van der Waals surface area contributed by atoms with E-state index in [2.05, 4.69) is 15.2 Å². The Morgan fingerprint density at radius 1 is 1.12 bits per heavy atom. The normalized spacial score (nSPS) is 11.2. The van der Waals surface area contributed by atoms with E-state index in [9.17, 15) is 4.79 Å². The monoisotopic (exact) mass is 322 g/mol. The fourth-order valence-electron chi connectivity index (χ4n) is 2.42. The van der Waals surface area contributed by atoms with Crippen LogP contribution in [0.2, 0.25) is 0 Å². The highest BCUT2D eigenvalue weighted by Gasteiger charge is 2.08. The third-order valence-corrected chi connectivity index (χ3v) is 3.89. The average Bonchev–Trinajstić information content (AvgIpc) is 2.91. The van der Waals surface area contributed by atoms with Crippen molar-refractivity contribution < 1.29 is 9.53 Å². The van der Waals surface area contributed by atoms with E-state index in [-0.39, 0.29) is 6.61 Å². The smallest absolute Gasteiger partial charge is 0.302 e. The number of aromatic nitrogens is 1. The second-order valence-electron chi connectivity index (χ2n) is 5.51. The number of carbonyl (C=O) groups is 1. The number of aryl methyl sites for hydroxylation is 1. The van der Waals surface area contributed by atoms with Crippen LogP contribution in [0.25, 0.3) is 10.8 Å². The van der Waals surface area contributed by atoms with Crippen molar-refractivity contribution in [1.29, 1.82) is 0 Å². The number of azo groups is 1. The maximum absolute atomic E-state index is 11.9. The molecule has 1 aromatic heterocycles. The Labute approximate surface area is 139 Å². The average molecular weight is 322 g/mol. The van der Waals surface area contributed by atoms with Gasteiger partial charge in [-0.1, -0.05) is 36.4 Å². The molecule has 0 saturated carbocycles. The third-order valence-electron chi connectivity index (χ3n) is 3.89. The summed E-state index contributed by atoms with van der Waals surface area (Å²) in [4.78, 5) is 14.8. The lowest BCUT2D eigenvalue weighted by Gasteiger charge is -2.08. The van der Waals surface area contributed by atoms with E-state index in [1.54, 1.807) is 0 Å². The molecule has 0 radical (unpaired) electrons. The van der Waals surface area contributed by atoms with Crippen molar-refractivity contribution in [3.63, 3.8) is 0 Å². The largest absolute Gasteiger partial charge is 0.483 e. The summed E-state index contributed by atoms with van der Waals surface area (Å²) in [6, 6.07) is 13.2. The van der Waals surface area contributed by atoms with Crippen LogP contribution in [0.1, 0.15) is 11.1 Å². The van der Waals surface area contributed by atoms with Crippen molar-refractivity contribution in [3.05, 3.63) is 53.6 Å². The number of anilines is 1. The molecular formula is C18H18N4O2. The number of benzene rings is 2. The molecule has 0 aliphatic carbocycles. The van der Waals surface area contributed by atoms with E-state index in [1.165, 1.54) is 0 Å². The molecule has 6 heteroatoms. The summed E-state index contributed by atoms with van der Waals surface area (Å²) in [5.74, 6) is 1.17. The number of fused-ring (bicyclic) bond motifs is 1. The van der Waals surface area contributed by atoms with Crippen molar-refractivity contribution in [1.82, 2.24) is 4.98 Å². The summed E-state index contributed by atoms with van der Waals surface area (Å²) in [7, 11) is 0. The van der Waals surface area contributed by atoms with Crippen molar-refractivity contribution in [2.24, 2.45) is 10.2 Å². The van der Waals surface area contributed by atoms with Crippen LogP contribution in [0.15, 0.2) is 52.7 Å². The minimum Gasteiger partial charge on any atom is -0.483 e. The zero-order valence-electron chi connectivity index (χ0n) is 13.5. The van der Waals surface area contributed by atoms with Crippen LogP contribution in [0.4, 0.5) is 11.6 Å². The van der Waals surface area contributed by atoms with Gasteiger partial charge in [-0.3, -0.25) is 4.79 Å². The number of H-pyrrole nitrogens is 1. The summed E-state index contributed by atoms with van der Waals surface area (Å²) in [5, 5.41) is 9.34. The van der Waals surface area contributed by atoms with Gasteiger partial charge >= 0.3 is 5.91 Å². The molecule has 0 aliphatic rings. The van der Waals surface area contributed by atoms with E-state index in [4.69, 9.17) is 10.5 Å². The minimum absolute atomic E-state index is 0.165. The first-order valence-corrected chi connectivity index (χ1v) is 7.56. The molecule has 0 aliphatic heterocycles. The van der Waals surface area contributed by atoms with Gasteiger partial charge in [0, 0.05) is 10.8 Å². The van der Waals surface area contributed by atoms with Crippen LogP contribution < -0.4 is 10.5 Å². The van der Waals surface area contributed by atoms with Gasteiger partial charge in [0.2, 0.25) is 0 Å². The van der Waals surface area contributed by atoms with E-state index < -0.39 is 5.91 Å². The van der Waals surface area contributed by atoms with Gasteiger partial charge in [-0.2, -0.15) is 0 Å². The SMILES string of the molecule is Cc1cccc(OCC(=O)N=Nc2[nH]c(N)c3ccccc23)c1C. The summed E-state index contributed by atoms with van der Waals surface area (Å²) in [6.45, 7) is 3.77. The summed E-state index contributed by atoms with van der Waals surface area (Å²) >= 11 is 0. The zero-order valence-corrected chi connectivity index (χ0v) is 13.5. The van der Waals surface area contributed by atoms with Crippen LogP contribution in [-0.2, 0) is 4.79 Å². The molecule has 24 heavy (non-hydrogen) atoms. The molecule has 3 aromatic rings. The van der Waals surface area contributed by atoms with Gasteiger partial charge in [-0.15, -0.1) is 10.2 Å². The molecule has 2 aromatic carbocycles. The predicted molar refractivity (Wildman–Crippen MR) is 93.6 cm³/mol. The number of carbonyl (C=O) groups excluding carboxylic acids is 1. The molecule has 3 rings (SSSR count). The highest BCUT2D eigenvalue weighted by Crippen LogP contribution is 2.30. The zero-order chi connectivity index (χ0) is 17.1. The number of hydrogen-bond donors (Lipinski definition) is 2. The summed E-state index contributed by atoms with van der Waals surface area (Å²) in [6.07, 6.45) is 0. The number of nitrogen functional groups attached to an aromatic ring is 1. The van der Waals surface area contributed by atoms with E-state index in [0.29, 0.717) is 17.4 Å². The molecule has 122 valence electrons. The Hall–Kier alpha value is -3.15. The molecule has 0 unspecified atom stereocenters. The maximum Gasteiger partial charge on any atom is 0.302 e. The summed E-state index contributed by atoms with van der Waals surface area (Å²) < 4.78 is 5.52. The van der Waals surface area contributed by atoms with Crippen LogP contribution >= 0.6 is 0 Å². The number of aromatic amines is 1. The first-order valence-electron chi connectivity index (χ1n) is 7.56. The second kappa shape index (κ2) is 6.54. The molecular weight excluding hydrogens is 304 g/mol. The third kappa shape index (κ3) is 3.12. The number of nitrogens with two attached hydrogens (primary N) is 1. The van der Waals surface area contributed by atoms with Gasteiger partial charge in [0.15, 0.2) is 12.4 Å². The Morgan fingerprint density at radius 3 is 2.67 bits per heavy atom. The van der Waals surface area contributed by atoms with E-state index in [1.807, 2.05) is 56.3 Å². The van der Waals surface area contributed by atoms with Gasteiger partial charge < -0.3 is 15.5 Å². The van der Waals surface area contributed by atoms with Gasteiger partial charge in [-0.25, -0.2) is 0 Å². The van der Waals surface area contributed by atoms with Gasteiger partial charge in [0.1, 0.15) is 11.6 Å². The number of rotatable bonds is 4. The molecule has 3 N–H and O–H groups in total. The number of nitrogens with one attached hydrogen (secondary N) is 1. The van der Waals surface area contributed by atoms with Gasteiger partial charge in [0.25, 0.3) is 0 Å². The lowest BCUT2D eigenvalue weighted by atomic mass is 10.1. The van der Waals surface area contributed by atoms with Crippen molar-refractivity contribution in [2.45, 2.75) is 13.8 Å². The first kappa shape index (κ1) is 15.7. The summed E-state index contributed by atoms with van der Waals surface area (Å²) in [5.41, 5.74) is 7.99. The van der Waals surface area contributed by atoms with Crippen molar-refractivity contribution >= 4 is 28.3 Å². The molecule has 0 bridgehead atoms. The number of amides is 1. The lowest BCUT2D eigenvalue weighted by Crippen LogP contribution is -2.08. The van der Waals surface area contributed by atoms with Crippen LogP contribution in [0.5, 0.6) is 5.75 Å². The first-order chi connectivity index (χ1) is 11.6. The van der Waals surface area contributed by atoms with Crippen LogP contribution in [-0.4, -0.2) is 17.5 Å². The molecule has 0 saturated heterocycles. The Kier molecular flexibility index (Phi) is 4.29. The van der Waals surface area contributed by atoms with Gasteiger partial charge in [-0.05, 0) is 31.0 Å². The second-order valence-corrected chi connectivity index (χ2v) is 5.51. The Balaban J connectivity index is 1.70. The highest BCUT2D eigenvalue weighted by atomic mass is 16.5.